The van der Waals surface area contributed by atoms with Crippen molar-refractivity contribution < 1.29 is 4.39 Å². The van der Waals surface area contributed by atoms with Gasteiger partial charge < -0.3 is 4.57 Å². The summed E-state index contributed by atoms with van der Waals surface area (Å²) >= 11 is 0. The topological polar surface area (TPSA) is 108 Å². The maximum atomic E-state index is 14.4. The van der Waals surface area contributed by atoms with Gasteiger partial charge in [-0.15, -0.1) is 4.99 Å². The first-order valence-corrected chi connectivity index (χ1v) is 10.8. The van der Waals surface area contributed by atoms with Gasteiger partial charge in [0.15, 0.2) is 0 Å². The lowest BCUT2D eigenvalue weighted by Gasteiger charge is -2.15. The molecule has 0 fully saturated rings. The van der Waals surface area contributed by atoms with E-state index in [1.165, 1.54) is 6.20 Å². The second-order valence-corrected chi connectivity index (χ2v) is 8.61. The van der Waals surface area contributed by atoms with Gasteiger partial charge >= 0.3 is 0 Å². The SMILES string of the molecule is Cn1/c(=N/C#N)n(-c2ccc(C(C)(C)C#N)nc2)c2c3cc(-c4cccnc4F)ccc3ncc21. The third-order valence-corrected chi connectivity index (χ3v) is 6.05. The standard InChI is InChI=1S/C26H19FN8/c1-26(2,14-28)22-9-7-17(12-32-22)35-23-19-11-16(18-5-4-10-30-24(18)27)6-8-20(19)31-13-21(23)34(3)25(35)33-15-29/h4-13H,1-3H3/b33-25-. The van der Waals surface area contributed by atoms with Crippen molar-refractivity contribution >= 4 is 21.9 Å². The quantitative estimate of drug-likeness (QED) is 0.293. The second kappa shape index (κ2) is 8.15. The number of pyridine rings is 3. The van der Waals surface area contributed by atoms with E-state index in [1.807, 2.05) is 29.0 Å². The summed E-state index contributed by atoms with van der Waals surface area (Å²) < 4.78 is 18.0. The summed E-state index contributed by atoms with van der Waals surface area (Å²) in [6.07, 6.45) is 6.65. The zero-order valence-corrected chi connectivity index (χ0v) is 19.2. The van der Waals surface area contributed by atoms with E-state index in [0.717, 1.165) is 16.4 Å². The maximum Gasteiger partial charge on any atom is 0.226 e. The molecule has 0 bridgehead atoms. The lowest BCUT2D eigenvalue weighted by atomic mass is 9.91. The highest BCUT2D eigenvalue weighted by Gasteiger charge is 2.22. The molecule has 0 aliphatic carbocycles. The van der Waals surface area contributed by atoms with Gasteiger partial charge in [-0.3, -0.25) is 14.5 Å². The molecule has 8 nitrogen and oxygen atoms in total. The third-order valence-electron chi connectivity index (χ3n) is 6.05. The van der Waals surface area contributed by atoms with Crippen molar-refractivity contribution in [3.05, 3.63) is 78.3 Å². The lowest BCUT2D eigenvalue weighted by molar-refractivity contribution is 0.587. The predicted molar refractivity (Wildman–Crippen MR) is 128 cm³/mol. The Morgan fingerprint density at radius 2 is 1.86 bits per heavy atom. The van der Waals surface area contributed by atoms with Crippen LogP contribution in [0.25, 0.3) is 38.8 Å². The largest absolute Gasteiger partial charge is 0.311 e. The van der Waals surface area contributed by atoms with Crippen LogP contribution in [0.2, 0.25) is 0 Å². The number of benzene rings is 1. The number of hydrogen-bond acceptors (Lipinski definition) is 6. The Morgan fingerprint density at radius 1 is 1.03 bits per heavy atom. The molecule has 0 N–H and O–H groups in total. The highest BCUT2D eigenvalue weighted by Crippen LogP contribution is 2.30. The van der Waals surface area contributed by atoms with Crippen LogP contribution in [0, 0.1) is 28.7 Å². The van der Waals surface area contributed by atoms with Gasteiger partial charge in [0.1, 0.15) is 0 Å². The molecule has 0 radical (unpaired) electrons. The molecule has 0 saturated heterocycles. The second-order valence-electron chi connectivity index (χ2n) is 8.61. The van der Waals surface area contributed by atoms with Gasteiger partial charge in [0.2, 0.25) is 17.8 Å². The minimum absolute atomic E-state index is 0.376. The van der Waals surface area contributed by atoms with Crippen LogP contribution in [0.15, 0.2) is 66.0 Å². The molecule has 0 atom stereocenters. The highest BCUT2D eigenvalue weighted by molar-refractivity contribution is 6.04. The zero-order chi connectivity index (χ0) is 24.7. The van der Waals surface area contributed by atoms with Crippen LogP contribution >= 0.6 is 0 Å². The van der Waals surface area contributed by atoms with Crippen molar-refractivity contribution in [2.45, 2.75) is 19.3 Å². The van der Waals surface area contributed by atoms with Crippen molar-refractivity contribution in [3.8, 4) is 29.1 Å². The van der Waals surface area contributed by atoms with Gasteiger partial charge in [-0.05, 0) is 55.8 Å². The number of imidazole rings is 1. The molecule has 1 aromatic carbocycles. The van der Waals surface area contributed by atoms with E-state index in [9.17, 15) is 14.9 Å². The molecule has 9 heteroatoms. The summed E-state index contributed by atoms with van der Waals surface area (Å²) in [5, 5.41) is 19.6. The fourth-order valence-electron chi connectivity index (χ4n) is 4.13. The summed E-state index contributed by atoms with van der Waals surface area (Å²) in [5.74, 6) is -0.562. The number of aryl methyl sites for hydroxylation is 1. The van der Waals surface area contributed by atoms with Crippen LogP contribution in [0.4, 0.5) is 4.39 Å². The Labute approximate surface area is 199 Å². The Morgan fingerprint density at radius 3 is 2.54 bits per heavy atom. The molecule has 4 aromatic heterocycles. The molecule has 5 rings (SSSR count). The molecule has 0 aliphatic rings. The minimum Gasteiger partial charge on any atom is -0.311 e. The number of rotatable bonds is 3. The average Bonchev–Trinajstić information content (AvgIpc) is 3.16. The summed E-state index contributed by atoms with van der Waals surface area (Å²) in [5.41, 5.74) is 4.12. The highest BCUT2D eigenvalue weighted by atomic mass is 19.1. The van der Waals surface area contributed by atoms with E-state index in [0.29, 0.717) is 33.6 Å². The van der Waals surface area contributed by atoms with Gasteiger partial charge in [0.05, 0.1) is 51.8 Å². The van der Waals surface area contributed by atoms with E-state index >= 15 is 0 Å². The zero-order valence-electron chi connectivity index (χ0n) is 19.2. The van der Waals surface area contributed by atoms with E-state index < -0.39 is 11.4 Å². The lowest BCUT2D eigenvalue weighted by Crippen LogP contribution is -2.23. The van der Waals surface area contributed by atoms with Gasteiger partial charge in [-0.2, -0.15) is 14.9 Å². The van der Waals surface area contributed by atoms with Crippen LogP contribution in [-0.2, 0) is 12.5 Å². The van der Waals surface area contributed by atoms with Crippen LogP contribution in [0.3, 0.4) is 0 Å². The first-order chi connectivity index (χ1) is 16.9. The smallest absolute Gasteiger partial charge is 0.226 e. The van der Waals surface area contributed by atoms with Crippen LogP contribution in [-0.4, -0.2) is 24.1 Å². The molecule has 170 valence electrons. The van der Waals surface area contributed by atoms with E-state index in [4.69, 9.17) is 0 Å². The molecule has 0 aliphatic heterocycles. The number of halogens is 1. The number of nitrogens with zero attached hydrogens (tertiary/aromatic N) is 8. The van der Waals surface area contributed by atoms with Crippen LogP contribution in [0.5, 0.6) is 0 Å². The number of fused-ring (bicyclic) bond motifs is 3. The fraction of sp³-hybridized carbons (Fsp3) is 0.154. The molecule has 0 unspecified atom stereocenters. The summed E-state index contributed by atoms with van der Waals surface area (Å²) in [6.45, 7) is 3.60. The van der Waals surface area contributed by atoms with Gasteiger partial charge in [0, 0.05) is 24.2 Å². The van der Waals surface area contributed by atoms with E-state index in [-0.39, 0.29) is 0 Å². The van der Waals surface area contributed by atoms with Crippen molar-refractivity contribution in [1.29, 1.82) is 10.5 Å². The fourth-order valence-corrected chi connectivity index (χ4v) is 4.13. The predicted octanol–water partition coefficient (Wildman–Crippen LogP) is 4.30. The van der Waals surface area contributed by atoms with Crippen molar-refractivity contribution in [1.82, 2.24) is 24.1 Å². The maximum absolute atomic E-state index is 14.4. The van der Waals surface area contributed by atoms with Crippen molar-refractivity contribution in [3.63, 3.8) is 0 Å². The van der Waals surface area contributed by atoms with Gasteiger partial charge in [-0.25, -0.2) is 4.98 Å². The van der Waals surface area contributed by atoms with Crippen LogP contribution in [0.1, 0.15) is 19.5 Å². The Balaban J connectivity index is 1.86. The summed E-state index contributed by atoms with van der Waals surface area (Å²) in [7, 11) is 1.80. The third kappa shape index (κ3) is 3.51. The van der Waals surface area contributed by atoms with Gasteiger partial charge in [0.25, 0.3) is 0 Å². The van der Waals surface area contributed by atoms with Crippen molar-refractivity contribution in [2.24, 2.45) is 12.0 Å². The monoisotopic (exact) mass is 462 g/mol. The number of nitriles is 2. The first kappa shape index (κ1) is 21.9. The van der Waals surface area contributed by atoms with Crippen LogP contribution < -0.4 is 5.62 Å². The molecular weight excluding hydrogens is 443 g/mol. The minimum atomic E-state index is -0.749. The number of hydrogen-bond donors (Lipinski definition) is 0. The Bertz CT molecular complexity index is 1760. The van der Waals surface area contributed by atoms with Crippen molar-refractivity contribution in [2.75, 3.05) is 0 Å². The summed E-state index contributed by atoms with van der Waals surface area (Å²) in [6, 6.07) is 14.7. The molecule has 0 saturated carbocycles. The molecule has 4 heterocycles. The molecule has 0 amide bonds. The Hall–Kier alpha value is -4.89. The Kier molecular flexibility index (Phi) is 5.11. The van der Waals surface area contributed by atoms with E-state index in [2.05, 4.69) is 26.0 Å². The first-order valence-electron chi connectivity index (χ1n) is 10.8. The summed E-state index contributed by atoms with van der Waals surface area (Å²) in [4.78, 5) is 16.9. The molecule has 0 spiro atoms. The average molecular weight is 462 g/mol. The van der Waals surface area contributed by atoms with Gasteiger partial charge in [-0.1, -0.05) is 6.07 Å². The molecule has 35 heavy (non-hydrogen) atoms. The molecule has 5 aromatic rings. The van der Waals surface area contributed by atoms with E-state index in [1.54, 1.807) is 62.1 Å². The normalized spacial score (nSPS) is 12.1. The number of aromatic nitrogens is 5. The molecular formula is C26H19FN8.